The van der Waals surface area contributed by atoms with Gasteiger partial charge in [0.15, 0.2) is 0 Å². The lowest BCUT2D eigenvalue weighted by atomic mass is 9.93. The number of nitrogens with zero attached hydrogens (tertiary/aromatic N) is 1. The third-order valence-electron chi connectivity index (χ3n) is 4.57. The van der Waals surface area contributed by atoms with Crippen molar-refractivity contribution in [2.75, 3.05) is 0 Å². The first-order valence-corrected chi connectivity index (χ1v) is 8.71. The van der Waals surface area contributed by atoms with E-state index in [9.17, 15) is 14.4 Å². The maximum absolute atomic E-state index is 12.7. The molecule has 2 aromatic carbocycles. The molecule has 5 nitrogen and oxygen atoms in total. The molecule has 0 aliphatic carbocycles. The first kappa shape index (κ1) is 17.9. The number of fused-ring (bicyclic) bond motifs is 1. The molecule has 0 spiro atoms. The van der Waals surface area contributed by atoms with Crippen LogP contribution in [0.15, 0.2) is 54.6 Å². The zero-order valence-corrected chi connectivity index (χ0v) is 14.7. The second-order valence-corrected chi connectivity index (χ2v) is 6.29. The molecular weight excluding hydrogens is 330 g/mol. The maximum atomic E-state index is 12.7. The minimum atomic E-state index is -0.781. The van der Waals surface area contributed by atoms with Gasteiger partial charge in [-0.1, -0.05) is 61.5 Å². The van der Waals surface area contributed by atoms with Gasteiger partial charge in [-0.3, -0.25) is 9.59 Å². The molecule has 1 heterocycles. The molecule has 3 rings (SSSR count). The molecule has 0 saturated heterocycles. The Morgan fingerprint density at radius 3 is 2.35 bits per heavy atom. The van der Waals surface area contributed by atoms with Gasteiger partial charge < -0.3 is 9.64 Å². The Morgan fingerprint density at radius 2 is 1.65 bits per heavy atom. The Morgan fingerprint density at radius 1 is 1.00 bits per heavy atom. The first-order valence-electron chi connectivity index (χ1n) is 8.71. The van der Waals surface area contributed by atoms with Crippen LogP contribution < -0.4 is 0 Å². The van der Waals surface area contributed by atoms with Crippen molar-refractivity contribution in [3.05, 3.63) is 71.3 Å². The van der Waals surface area contributed by atoms with E-state index in [2.05, 4.69) is 0 Å². The molecule has 134 valence electrons. The van der Waals surface area contributed by atoms with Crippen LogP contribution in [0.5, 0.6) is 0 Å². The Bertz CT molecular complexity index is 816. The topological polar surface area (TPSA) is 63.7 Å². The Hall–Kier alpha value is -2.95. The van der Waals surface area contributed by atoms with Gasteiger partial charge >= 0.3 is 5.97 Å². The van der Waals surface area contributed by atoms with Crippen LogP contribution in [-0.4, -0.2) is 28.6 Å². The van der Waals surface area contributed by atoms with Crippen molar-refractivity contribution in [3.8, 4) is 0 Å². The number of ketones is 1. The van der Waals surface area contributed by atoms with Crippen molar-refractivity contribution < 1.29 is 19.1 Å². The highest BCUT2D eigenvalue weighted by atomic mass is 16.5. The number of hydrogen-bond acceptors (Lipinski definition) is 4. The summed E-state index contributed by atoms with van der Waals surface area (Å²) >= 11 is 0. The van der Waals surface area contributed by atoms with Crippen molar-refractivity contribution in [1.82, 2.24) is 4.90 Å². The number of hydrogen-bond donors (Lipinski definition) is 0. The van der Waals surface area contributed by atoms with Crippen LogP contribution in [-0.2, 0) is 38.7 Å². The number of carbonyl (C=O) groups is 3. The summed E-state index contributed by atoms with van der Waals surface area (Å²) in [5, 5.41) is 0. The number of benzene rings is 2. The second kappa shape index (κ2) is 7.95. The number of amides is 1. The van der Waals surface area contributed by atoms with Gasteiger partial charge in [0, 0.05) is 19.4 Å². The Labute approximate surface area is 152 Å². The average molecular weight is 351 g/mol. The van der Waals surface area contributed by atoms with Gasteiger partial charge in [-0.2, -0.15) is 0 Å². The summed E-state index contributed by atoms with van der Waals surface area (Å²) in [6.07, 6.45) is 0.468. The Balaban J connectivity index is 1.80. The molecule has 1 atom stereocenters. The number of esters is 1. The van der Waals surface area contributed by atoms with Crippen molar-refractivity contribution >= 4 is 17.7 Å². The van der Waals surface area contributed by atoms with Crippen LogP contribution in [0, 0.1) is 0 Å². The first-order chi connectivity index (χ1) is 12.6. The van der Waals surface area contributed by atoms with E-state index < -0.39 is 23.7 Å². The van der Waals surface area contributed by atoms with Crippen molar-refractivity contribution in [1.29, 1.82) is 0 Å². The lowest BCUT2D eigenvalue weighted by Gasteiger charge is -2.35. The van der Waals surface area contributed by atoms with E-state index in [4.69, 9.17) is 4.74 Å². The molecule has 1 amide bonds. The second-order valence-electron chi connectivity index (χ2n) is 6.29. The zero-order valence-electron chi connectivity index (χ0n) is 14.7. The summed E-state index contributed by atoms with van der Waals surface area (Å²) in [5.74, 6) is -1.60. The molecular formula is C21H21NO4. The summed E-state index contributed by atoms with van der Waals surface area (Å²) in [6, 6.07) is 16.2. The molecule has 1 aliphatic heterocycles. The normalized spacial score (nSPS) is 15.9. The van der Waals surface area contributed by atoms with E-state index >= 15 is 0 Å². The van der Waals surface area contributed by atoms with Gasteiger partial charge in [-0.15, -0.1) is 0 Å². The molecule has 0 N–H and O–H groups in total. The van der Waals surface area contributed by atoms with Crippen molar-refractivity contribution in [2.45, 2.75) is 39.0 Å². The largest absolute Gasteiger partial charge is 0.459 e. The van der Waals surface area contributed by atoms with E-state index in [-0.39, 0.29) is 19.6 Å². The predicted molar refractivity (Wildman–Crippen MR) is 96.0 cm³/mol. The highest BCUT2D eigenvalue weighted by Crippen LogP contribution is 2.25. The lowest BCUT2D eigenvalue weighted by Crippen LogP contribution is -2.51. The maximum Gasteiger partial charge on any atom is 0.329 e. The molecule has 0 radical (unpaired) electrons. The van der Waals surface area contributed by atoms with Crippen LogP contribution >= 0.6 is 0 Å². The number of ether oxygens (including phenoxy) is 1. The average Bonchev–Trinajstić information content (AvgIpc) is 2.70. The molecule has 2 aromatic rings. The van der Waals surface area contributed by atoms with Gasteiger partial charge in [0.05, 0.1) is 0 Å². The van der Waals surface area contributed by atoms with Gasteiger partial charge in [-0.05, 0) is 16.7 Å². The third-order valence-corrected chi connectivity index (χ3v) is 4.57. The lowest BCUT2D eigenvalue weighted by molar-refractivity contribution is -0.159. The zero-order chi connectivity index (χ0) is 18.5. The van der Waals surface area contributed by atoms with Crippen LogP contribution in [0.25, 0.3) is 0 Å². The SMILES string of the molecule is CCC(=O)C(=O)N1Cc2ccccc2C[C@H]1C(=O)OCc1ccccc1. The molecule has 0 bridgehead atoms. The highest BCUT2D eigenvalue weighted by molar-refractivity contribution is 6.36. The smallest absolute Gasteiger partial charge is 0.329 e. The van der Waals surface area contributed by atoms with Crippen LogP contribution in [0.1, 0.15) is 30.0 Å². The molecule has 26 heavy (non-hydrogen) atoms. The van der Waals surface area contributed by atoms with Gasteiger partial charge in [0.25, 0.3) is 5.91 Å². The van der Waals surface area contributed by atoms with Crippen LogP contribution in [0.3, 0.4) is 0 Å². The molecule has 0 unspecified atom stereocenters. The Kier molecular flexibility index (Phi) is 5.46. The van der Waals surface area contributed by atoms with Crippen LogP contribution in [0.4, 0.5) is 0 Å². The standard InChI is InChI=1S/C21H21NO4/c1-2-19(23)20(24)22-13-17-11-7-6-10-16(17)12-18(22)21(25)26-14-15-8-4-3-5-9-15/h3-11,18H,2,12-14H2,1H3/t18-/m0/s1. The summed E-state index contributed by atoms with van der Waals surface area (Å²) in [5.41, 5.74) is 2.83. The van der Waals surface area contributed by atoms with E-state index in [0.29, 0.717) is 6.42 Å². The quantitative estimate of drug-likeness (QED) is 0.614. The highest BCUT2D eigenvalue weighted by Gasteiger charge is 2.37. The van der Waals surface area contributed by atoms with E-state index in [1.165, 1.54) is 4.90 Å². The third kappa shape index (κ3) is 3.82. The molecule has 5 heteroatoms. The minimum absolute atomic E-state index is 0.114. The summed E-state index contributed by atoms with van der Waals surface area (Å²) in [7, 11) is 0. The monoisotopic (exact) mass is 351 g/mol. The van der Waals surface area contributed by atoms with Gasteiger partial charge in [-0.25, -0.2) is 4.79 Å². The number of Topliss-reactive ketones (excluding diaryl/α,β-unsaturated/α-hetero) is 1. The fraction of sp³-hybridized carbons (Fsp3) is 0.286. The van der Waals surface area contributed by atoms with Crippen molar-refractivity contribution in [2.24, 2.45) is 0 Å². The summed E-state index contributed by atoms with van der Waals surface area (Å²) in [4.78, 5) is 38.5. The molecule has 0 saturated carbocycles. The summed E-state index contributed by atoms with van der Waals surface area (Å²) < 4.78 is 5.43. The number of rotatable bonds is 5. The number of carbonyl (C=O) groups excluding carboxylic acids is 3. The molecule has 1 aliphatic rings. The molecule has 0 fully saturated rings. The van der Waals surface area contributed by atoms with E-state index in [1.807, 2.05) is 54.6 Å². The van der Waals surface area contributed by atoms with E-state index in [1.54, 1.807) is 6.92 Å². The summed E-state index contributed by atoms with van der Waals surface area (Å²) in [6.45, 7) is 2.02. The molecule has 0 aromatic heterocycles. The predicted octanol–water partition coefficient (Wildman–Crippen LogP) is 2.66. The fourth-order valence-corrected chi connectivity index (χ4v) is 3.08. The van der Waals surface area contributed by atoms with Crippen molar-refractivity contribution in [3.63, 3.8) is 0 Å². The fourth-order valence-electron chi connectivity index (χ4n) is 3.08. The van der Waals surface area contributed by atoms with E-state index in [0.717, 1.165) is 16.7 Å². The van der Waals surface area contributed by atoms with Gasteiger partial charge in [0.1, 0.15) is 12.6 Å². The van der Waals surface area contributed by atoms with Crippen LogP contribution in [0.2, 0.25) is 0 Å². The minimum Gasteiger partial charge on any atom is -0.459 e. The van der Waals surface area contributed by atoms with Gasteiger partial charge in [0.2, 0.25) is 5.78 Å².